The van der Waals surface area contributed by atoms with Crippen LogP contribution in [-0.2, 0) is 4.79 Å². The molecule has 0 spiro atoms. The zero-order valence-electron chi connectivity index (χ0n) is 14.2. The summed E-state index contributed by atoms with van der Waals surface area (Å²) < 4.78 is 0. The second-order valence-corrected chi connectivity index (χ2v) is 6.12. The normalized spacial score (nSPS) is 14.3. The van der Waals surface area contributed by atoms with E-state index in [1.165, 1.54) is 6.92 Å². The lowest BCUT2D eigenvalue weighted by atomic mass is 9.84. The highest BCUT2D eigenvalue weighted by atomic mass is 16.6. The van der Waals surface area contributed by atoms with Crippen LogP contribution in [0.4, 0.5) is 0 Å². The molecule has 0 aliphatic carbocycles. The predicted octanol–water partition coefficient (Wildman–Crippen LogP) is 4.18. The predicted molar refractivity (Wildman–Crippen MR) is 88.1 cm³/mol. The molecule has 0 radical (unpaired) electrons. The summed E-state index contributed by atoms with van der Waals surface area (Å²) in [4.78, 5) is 22.1. The van der Waals surface area contributed by atoms with E-state index in [-0.39, 0.29) is 17.8 Å². The van der Waals surface area contributed by atoms with E-state index >= 15 is 0 Å². The van der Waals surface area contributed by atoms with Crippen LogP contribution in [0, 0.1) is 10.1 Å². The molecule has 0 aromatic rings. The van der Waals surface area contributed by atoms with Crippen molar-refractivity contribution < 1.29 is 14.8 Å². The summed E-state index contributed by atoms with van der Waals surface area (Å²) >= 11 is 0. The smallest absolute Gasteiger partial charge is 0.236 e. The van der Waals surface area contributed by atoms with Gasteiger partial charge in [0.15, 0.2) is 0 Å². The van der Waals surface area contributed by atoms with Crippen LogP contribution in [0.3, 0.4) is 0 Å². The summed E-state index contributed by atoms with van der Waals surface area (Å²) in [5.41, 5.74) is 0.00389. The maximum atomic E-state index is 12.1. The molecular weight excluding hydrogens is 282 g/mol. The molecule has 0 heterocycles. The Labute approximate surface area is 133 Å². The Morgan fingerprint density at radius 1 is 1.27 bits per heavy atom. The van der Waals surface area contributed by atoms with E-state index in [2.05, 4.69) is 0 Å². The van der Waals surface area contributed by atoms with Crippen molar-refractivity contribution in [1.29, 1.82) is 0 Å². The van der Waals surface area contributed by atoms with Gasteiger partial charge >= 0.3 is 0 Å². The van der Waals surface area contributed by atoms with Crippen molar-refractivity contribution in [2.24, 2.45) is 0 Å². The molecule has 0 bridgehead atoms. The van der Waals surface area contributed by atoms with Gasteiger partial charge in [-0.25, -0.2) is 0 Å². The van der Waals surface area contributed by atoms with Crippen molar-refractivity contribution in [1.82, 2.24) is 0 Å². The summed E-state index contributed by atoms with van der Waals surface area (Å²) in [7, 11) is 0. The summed E-state index contributed by atoms with van der Waals surface area (Å²) in [6.07, 6.45) is 6.79. The van der Waals surface area contributed by atoms with E-state index in [0.29, 0.717) is 19.3 Å². The second-order valence-electron chi connectivity index (χ2n) is 6.12. The molecule has 0 rings (SSSR count). The lowest BCUT2D eigenvalue weighted by Gasteiger charge is -2.27. The Hall–Kier alpha value is -1.49. The molecule has 0 aliphatic heterocycles. The van der Waals surface area contributed by atoms with Gasteiger partial charge in [-0.2, -0.15) is 0 Å². The lowest BCUT2D eigenvalue weighted by Crippen LogP contribution is -2.33. The van der Waals surface area contributed by atoms with Gasteiger partial charge in [-0.05, 0) is 33.6 Å². The van der Waals surface area contributed by atoms with Gasteiger partial charge < -0.3 is 5.11 Å². The van der Waals surface area contributed by atoms with Gasteiger partial charge in [0.05, 0.1) is 10.5 Å². The first kappa shape index (κ1) is 20.5. The lowest BCUT2D eigenvalue weighted by molar-refractivity contribution is -0.404. The Bertz CT molecular complexity index is 436. The first-order valence-corrected chi connectivity index (χ1v) is 7.91. The zero-order chi connectivity index (χ0) is 17.2. The standard InChI is InChI=1S/C17H29NO4/c1-5-6-7-11-17(20,15(4)13-18(21)22)12-16(19)10-8-9-14(2)3/h9,13,20H,5-8,10-12H2,1-4H3/b15-13+. The van der Waals surface area contributed by atoms with Crippen LogP contribution in [-0.4, -0.2) is 21.4 Å². The summed E-state index contributed by atoms with van der Waals surface area (Å²) in [6.45, 7) is 7.51. The Morgan fingerprint density at radius 2 is 1.91 bits per heavy atom. The molecule has 0 aromatic heterocycles. The number of hydrogen-bond acceptors (Lipinski definition) is 4. The molecule has 0 aromatic carbocycles. The van der Waals surface area contributed by atoms with Crippen molar-refractivity contribution in [3.63, 3.8) is 0 Å². The van der Waals surface area contributed by atoms with Gasteiger partial charge in [0.25, 0.3) is 0 Å². The monoisotopic (exact) mass is 311 g/mol. The highest BCUT2D eigenvalue weighted by Gasteiger charge is 2.33. The number of nitro groups is 1. The first-order valence-electron chi connectivity index (χ1n) is 7.91. The van der Waals surface area contributed by atoms with Crippen LogP contribution in [0.5, 0.6) is 0 Å². The molecular formula is C17H29NO4. The van der Waals surface area contributed by atoms with Gasteiger partial charge in [0, 0.05) is 18.4 Å². The minimum Gasteiger partial charge on any atom is -0.385 e. The van der Waals surface area contributed by atoms with E-state index in [1.54, 1.807) is 0 Å². The average molecular weight is 311 g/mol. The molecule has 0 aliphatic rings. The third-order valence-electron chi connectivity index (χ3n) is 3.69. The number of aliphatic hydroxyl groups is 1. The first-order chi connectivity index (χ1) is 10.2. The third kappa shape index (κ3) is 8.72. The van der Waals surface area contributed by atoms with Crippen LogP contribution >= 0.6 is 0 Å². The fourth-order valence-corrected chi connectivity index (χ4v) is 2.31. The number of carbonyl (C=O) groups excluding carboxylic acids is 1. The molecule has 0 saturated heterocycles. The van der Waals surface area contributed by atoms with E-state index in [4.69, 9.17) is 0 Å². The molecule has 5 heteroatoms. The van der Waals surface area contributed by atoms with E-state index in [9.17, 15) is 20.0 Å². The van der Waals surface area contributed by atoms with Gasteiger partial charge in [0.1, 0.15) is 5.78 Å². The van der Waals surface area contributed by atoms with Crippen molar-refractivity contribution in [2.45, 2.75) is 78.2 Å². The topological polar surface area (TPSA) is 80.4 Å². The van der Waals surface area contributed by atoms with Crippen molar-refractivity contribution >= 4 is 5.78 Å². The third-order valence-corrected chi connectivity index (χ3v) is 3.69. The minimum atomic E-state index is -1.40. The summed E-state index contributed by atoms with van der Waals surface area (Å²) in [5, 5.41) is 21.4. The van der Waals surface area contributed by atoms with Crippen LogP contribution in [0.15, 0.2) is 23.4 Å². The van der Waals surface area contributed by atoms with Gasteiger partial charge in [-0.15, -0.1) is 0 Å². The van der Waals surface area contributed by atoms with E-state index in [0.717, 1.165) is 31.0 Å². The maximum absolute atomic E-state index is 12.1. The molecule has 5 nitrogen and oxygen atoms in total. The fourth-order valence-electron chi connectivity index (χ4n) is 2.31. The Kier molecular flexibility index (Phi) is 9.58. The number of nitrogens with zero attached hydrogens (tertiary/aromatic N) is 1. The number of ketones is 1. The number of rotatable bonds is 11. The highest BCUT2D eigenvalue weighted by Crippen LogP contribution is 2.28. The largest absolute Gasteiger partial charge is 0.385 e. The molecule has 126 valence electrons. The molecule has 1 atom stereocenters. The fraction of sp³-hybridized carbons (Fsp3) is 0.706. The van der Waals surface area contributed by atoms with Gasteiger partial charge in [-0.1, -0.05) is 37.8 Å². The average Bonchev–Trinajstić information content (AvgIpc) is 2.37. The minimum absolute atomic E-state index is 0.0521. The maximum Gasteiger partial charge on any atom is 0.236 e. The van der Waals surface area contributed by atoms with Crippen LogP contribution in [0.25, 0.3) is 0 Å². The molecule has 0 amide bonds. The van der Waals surface area contributed by atoms with Crippen LogP contribution in [0.1, 0.15) is 72.6 Å². The van der Waals surface area contributed by atoms with E-state index in [1.807, 2.05) is 26.8 Å². The molecule has 0 fully saturated rings. The zero-order valence-corrected chi connectivity index (χ0v) is 14.2. The van der Waals surface area contributed by atoms with Crippen LogP contribution in [0.2, 0.25) is 0 Å². The molecule has 22 heavy (non-hydrogen) atoms. The number of unbranched alkanes of at least 4 members (excludes halogenated alkanes) is 2. The Morgan fingerprint density at radius 3 is 2.41 bits per heavy atom. The molecule has 0 saturated carbocycles. The second kappa shape index (κ2) is 10.3. The summed E-state index contributed by atoms with van der Waals surface area (Å²) in [6, 6.07) is 0. The SMILES string of the molecule is CCCCCC(O)(CC(=O)CCC=C(C)C)/C(C)=C/[N+](=O)[O-]. The quantitative estimate of drug-likeness (QED) is 0.268. The number of allylic oxidation sites excluding steroid dienone is 2. The molecule has 1 N–H and O–H groups in total. The van der Waals surface area contributed by atoms with Crippen molar-refractivity contribution in [3.8, 4) is 0 Å². The van der Waals surface area contributed by atoms with Crippen molar-refractivity contribution in [2.75, 3.05) is 0 Å². The van der Waals surface area contributed by atoms with E-state index < -0.39 is 10.5 Å². The van der Waals surface area contributed by atoms with Gasteiger partial charge in [0.2, 0.25) is 6.20 Å². The van der Waals surface area contributed by atoms with Gasteiger partial charge in [-0.3, -0.25) is 14.9 Å². The number of carbonyl (C=O) groups is 1. The summed E-state index contributed by atoms with van der Waals surface area (Å²) in [5.74, 6) is -0.0624. The highest BCUT2D eigenvalue weighted by molar-refractivity contribution is 5.80. The molecule has 1 unspecified atom stereocenters. The number of Topliss-reactive ketones (excluding diaryl/α,β-unsaturated/α-hetero) is 1. The Balaban J connectivity index is 4.88. The van der Waals surface area contributed by atoms with Crippen LogP contribution < -0.4 is 0 Å². The number of hydrogen-bond donors (Lipinski definition) is 1. The van der Waals surface area contributed by atoms with Crippen molar-refractivity contribution in [3.05, 3.63) is 33.5 Å².